The molecule has 0 fully saturated rings. The van der Waals surface area contributed by atoms with Gasteiger partial charge in [0.2, 0.25) is 0 Å². The molecule has 0 aliphatic rings. The van der Waals surface area contributed by atoms with Crippen LogP contribution in [-0.2, 0) is 14.3 Å². The second kappa shape index (κ2) is 9.33. The van der Waals surface area contributed by atoms with E-state index in [1.807, 2.05) is 0 Å². The number of esters is 1. The van der Waals surface area contributed by atoms with Gasteiger partial charge in [0.1, 0.15) is 6.54 Å². The Kier molecular flexibility index (Phi) is 6.87. The highest BCUT2D eigenvalue weighted by atomic mass is 35.5. The lowest BCUT2D eigenvalue weighted by atomic mass is 10.2. The first-order valence-corrected chi connectivity index (χ1v) is 7.92. The molecule has 26 heavy (non-hydrogen) atoms. The van der Waals surface area contributed by atoms with Gasteiger partial charge in [-0.3, -0.25) is 24.5 Å². The Labute approximate surface area is 154 Å². The largest absolute Gasteiger partial charge is 0.454 e. The van der Waals surface area contributed by atoms with Crippen molar-refractivity contribution in [2.45, 2.75) is 0 Å². The third-order valence-corrected chi connectivity index (χ3v) is 3.40. The maximum atomic E-state index is 11.8. The average molecular weight is 375 g/mol. The Hall–Kier alpha value is -3.19. The number of amides is 3. The Balaban J connectivity index is 1.71. The number of imide groups is 1. The number of ether oxygens (including phenoxy) is 1. The van der Waals surface area contributed by atoms with Crippen molar-refractivity contribution in [3.05, 3.63) is 70.7 Å². The van der Waals surface area contributed by atoms with Crippen molar-refractivity contribution >= 4 is 35.3 Å². The quantitative estimate of drug-likeness (QED) is 0.747. The van der Waals surface area contributed by atoms with E-state index in [4.69, 9.17) is 16.3 Å². The van der Waals surface area contributed by atoms with Gasteiger partial charge in [-0.2, -0.15) is 0 Å². The Bertz CT molecular complexity index is 806. The van der Waals surface area contributed by atoms with Gasteiger partial charge >= 0.3 is 5.97 Å². The highest BCUT2D eigenvalue weighted by molar-refractivity contribution is 6.30. The van der Waals surface area contributed by atoms with Crippen LogP contribution in [0.25, 0.3) is 0 Å². The van der Waals surface area contributed by atoms with Gasteiger partial charge in [-0.25, -0.2) is 0 Å². The summed E-state index contributed by atoms with van der Waals surface area (Å²) in [5, 5.41) is 4.93. The van der Waals surface area contributed by atoms with E-state index in [9.17, 15) is 19.2 Å². The summed E-state index contributed by atoms with van der Waals surface area (Å²) in [6.45, 7) is -1.05. The van der Waals surface area contributed by atoms with Gasteiger partial charge in [0.05, 0.1) is 0 Å². The van der Waals surface area contributed by atoms with Crippen LogP contribution in [0.1, 0.15) is 20.7 Å². The van der Waals surface area contributed by atoms with Gasteiger partial charge < -0.3 is 10.1 Å². The van der Waals surface area contributed by atoms with Gasteiger partial charge in [0.25, 0.3) is 17.7 Å². The van der Waals surface area contributed by atoms with Crippen LogP contribution < -0.4 is 10.6 Å². The van der Waals surface area contributed by atoms with E-state index >= 15 is 0 Å². The lowest BCUT2D eigenvalue weighted by Gasteiger charge is -2.07. The van der Waals surface area contributed by atoms with E-state index < -0.39 is 36.8 Å². The standard InChI is InChI=1S/C18H15ClN2O5/c19-14-8-6-13(7-9-14)17(24)20-10-16(23)26-11-15(22)21-18(25)12-4-2-1-3-5-12/h1-9H,10-11H2,(H,20,24)(H,21,22,25). The molecule has 0 saturated heterocycles. The molecule has 0 bridgehead atoms. The minimum absolute atomic E-state index is 0.308. The van der Waals surface area contributed by atoms with Gasteiger partial charge in [-0.1, -0.05) is 29.8 Å². The molecule has 3 amide bonds. The van der Waals surface area contributed by atoms with Gasteiger partial charge in [-0.05, 0) is 36.4 Å². The number of rotatable bonds is 6. The minimum Gasteiger partial charge on any atom is -0.454 e. The summed E-state index contributed by atoms with van der Waals surface area (Å²) in [7, 11) is 0. The normalized spacial score (nSPS) is 9.88. The fourth-order valence-corrected chi connectivity index (χ4v) is 2.00. The fourth-order valence-electron chi connectivity index (χ4n) is 1.88. The molecule has 7 nitrogen and oxygen atoms in total. The summed E-state index contributed by atoms with van der Waals surface area (Å²) in [6.07, 6.45) is 0. The average Bonchev–Trinajstić information content (AvgIpc) is 2.65. The summed E-state index contributed by atoms with van der Waals surface area (Å²) in [4.78, 5) is 46.8. The van der Waals surface area contributed by atoms with Crippen LogP contribution in [0.4, 0.5) is 0 Å². The van der Waals surface area contributed by atoms with E-state index in [-0.39, 0.29) is 0 Å². The molecule has 0 unspecified atom stereocenters. The van der Waals surface area contributed by atoms with Crippen LogP contribution in [0.3, 0.4) is 0 Å². The second-order valence-electron chi connectivity index (χ2n) is 5.09. The zero-order valence-corrected chi connectivity index (χ0v) is 14.3. The minimum atomic E-state index is -0.811. The topological polar surface area (TPSA) is 102 Å². The Morgan fingerprint density at radius 3 is 2.12 bits per heavy atom. The molecule has 0 aromatic heterocycles. The molecule has 0 radical (unpaired) electrons. The van der Waals surface area contributed by atoms with E-state index in [0.29, 0.717) is 16.1 Å². The number of hydrogen-bond acceptors (Lipinski definition) is 5. The van der Waals surface area contributed by atoms with Crippen molar-refractivity contribution in [2.75, 3.05) is 13.2 Å². The smallest absolute Gasteiger partial charge is 0.325 e. The number of hydrogen-bond donors (Lipinski definition) is 2. The maximum absolute atomic E-state index is 11.8. The number of nitrogens with one attached hydrogen (secondary N) is 2. The Morgan fingerprint density at radius 1 is 0.846 bits per heavy atom. The molecule has 2 rings (SSSR count). The molecule has 0 heterocycles. The van der Waals surface area contributed by atoms with Crippen LogP contribution >= 0.6 is 11.6 Å². The monoisotopic (exact) mass is 374 g/mol. The molecule has 2 aromatic rings. The molecular formula is C18H15ClN2O5. The fraction of sp³-hybridized carbons (Fsp3) is 0.111. The second-order valence-corrected chi connectivity index (χ2v) is 5.53. The molecule has 134 valence electrons. The first-order chi connectivity index (χ1) is 12.5. The van der Waals surface area contributed by atoms with Gasteiger partial charge in [0.15, 0.2) is 6.61 Å². The van der Waals surface area contributed by atoms with Gasteiger partial charge in [-0.15, -0.1) is 0 Å². The van der Waals surface area contributed by atoms with Crippen LogP contribution in [-0.4, -0.2) is 36.8 Å². The lowest BCUT2D eigenvalue weighted by Crippen LogP contribution is -2.36. The molecule has 2 N–H and O–H groups in total. The van der Waals surface area contributed by atoms with E-state index in [1.165, 1.54) is 12.1 Å². The number of carbonyl (C=O) groups is 4. The summed E-state index contributed by atoms with van der Waals surface area (Å²) in [5.41, 5.74) is 0.635. The van der Waals surface area contributed by atoms with Crippen LogP contribution in [0.15, 0.2) is 54.6 Å². The summed E-state index contributed by atoms with van der Waals surface area (Å²) >= 11 is 5.72. The number of benzene rings is 2. The summed E-state index contributed by atoms with van der Waals surface area (Å²) in [6, 6.07) is 14.2. The molecule has 0 aliphatic carbocycles. The molecular weight excluding hydrogens is 360 g/mol. The predicted octanol–water partition coefficient (Wildman–Crippen LogP) is 1.57. The molecule has 0 spiro atoms. The first kappa shape index (κ1) is 19.1. The van der Waals surface area contributed by atoms with Crippen LogP contribution in [0.2, 0.25) is 5.02 Å². The third kappa shape index (κ3) is 6.03. The highest BCUT2D eigenvalue weighted by Crippen LogP contribution is 2.09. The zero-order chi connectivity index (χ0) is 18.9. The highest BCUT2D eigenvalue weighted by Gasteiger charge is 2.13. The number of carbonyl (C=O) groups excluding carboxylic acids is 4. The zero-order valence-electron chi connectivity index (χ0n) is 13.5. The lowest BCUT2D eigenvalue weighted by molar-refractivity contribution is -0.147. The molecule has 0 saturated carbocycles. The molecule has 2 aromatic carbocycles. The van der Waals surface area contributed by atoms with Crippen molar-refractivity contribution in [2.24, 2.45) is 0 Å². The molecule has 8 heteroatoms. The molecule has 0 atom stereocenters. The summed E-state index contributed by atoms with van der Waals surface area (Å²) < 4.78 is 4.71. The van der Waals surface area contributed by atoms with Crippen LogP contribution in [0, 0.1) is 0 Å². The molecule has 0 aliphatic heterocycles. The summed E-state index contributed by atoms with van der Waals surface area (Å²) in [5.74, 6) is -2.66. The van der Waals surface area contributed by atoms with Crippen molar-refractivity contribution in [1.82, 2.24) is 10.6 Å². The van der Waals surface area contributed by atoms with Gasteiger partial charge in [0, 0.05) is 16.1 Å². The van der Waals surface area contributed by atoms with E-state index in [0.717, 1.165) is 0 Å². The first-order valence-electron chi connectivity index (χ1n) is 7.54. The Morgan fingerprint density at radius 2 is 1.46 bits per heavy atom. The van der Waals surface area contributed by atoms with Crippen molar-refractivity contribution in [3.63, 3.8) is 0 Å². The SMILES string of the molecule is O=C(COC(=O)CNC(=O)c1ccc(Cl)cc1)NC(=O)c1ccccc1. The van der Waals surface area contributed by atoms with Crippen molar-refractivity contribution in [3.8, 4) is 0 Å². The van der Waals surface area contributed by atoms with E-state index in [1.54, 1.807) is 42.5 Å². The van der Waals surface area contributed by atoms with Crippen molar-refractivity contribution < 1.29 is 23.9 Å². The third-order valence-electron chi connectivity index (χ3n) is 3.15. The number of halogens is 1. The van der Waals surface area contributed by atoms with E-state index in [2.05, 4.69) is 10.6 Å². The predicted molar refractivity (Wildman–Crippen MR) is 93.7 cm³/mol. The van der Waals surface area contributed by atoms with Crippen LogP contribution in [0.5, 0.6) is 0 Å². The van der Waals surface area contributed by atoms with Crippen molar-refractivity contribution in [1.29, 1.82) is 0 Å². The maximum Gasteiger partial charge on any atom is 0.325 e.